The molecule has 0 aliphatic carbocycles. The van der Waals surface area contributed by atoms with Gasteiger partial charge in [0.15, 0.2) is 0 Å². The molecule has 1 amide bonds. The summed E-state index contributed by atoms with van der Waals surface area (Å²) in [7, 11) is 1.23. The van der Waals surface area contributed by atoms with Crippen molar-refractivity contribution in [2.24, 2.45) is 5.73 Å². The molecule has 0 bridgehead atoms. The Morgan fingerprint density at radius 1 is 1.64 bits per heavy atom. The second kappa shape index (κ2) is 4.39. The average Bonchev–Trinajstić information content (AvgIpc) is 2.16. The summed E-state index contributed by atoms with van der Waals surface area (Å²) < 4.78 is 17.5. The van der Waals surface area contributed by atoms with Crippen LogP contribution < -0.4 is 5.73 Å². The van der Waals surface area contributed by atoms with Gasteiger partial charge in [0, 0.05) is 23.3 Å². The first-order valence-corrected chi connectivity index (χ1v) is 4.20. The molecule has 0 aromatic heterocycles. The van der Waals surface area contributed by atoms with Gasteiger partial charge in [-0.05, 0) is 12.1 Å². The van der Waals surface area contributed by atoms with Gasteiger partial charge in [-0.3, -0.25) is 4.79 Å². The van der Waals surface area contributed by atoms with E-state index in [0.29, 0.717) is 0 Å². The normalized spacial score (nSPS) is 12.5. The van der Waals surface area contributed by atoms with Crippen molar-refractivity contribution in [1.29, 1.82) is 0 Å². The standard InChI is InChI=1S/C9H9ClFNO2/c1-14-8(11)6-3-2-5(9(12)13)4-7(6)10/h2-4,8H,1H3,(H2,12,13). The molecule has 5 heteroatoms. The number of primary amides is 1. The van der Waals surface area contributed by atoms with E-state index in [9.17, 15) is 9.18 Å². The van der Waals surface area contributed by atoms with Gasteiger partial charge in [0.1, 0.15) is 0 Å². The number of carbonyl (C=O) groups excluding carboxylic acids is 1. The van der Waals surface area contributed by atoms with Crippen molar-refractivity contribution < 1.29 is 13.9 Å². The van der Waals surface area contributed by atoms with Gasteiger partial charge >= 0.3 is 0 Å². The van der Waals surface area contributed by atoms with Gasteiger partial charge in [0.25, 0.3) is 0 Å². The third kappa shape index (κ3) is 2.21. The lowest BCUT2D eigenvalue weighted by Crippen LogP contribution is -2.11. The Bertz CT molecular complexity index is 357. The Morgan fingerprint density at radius 2 is 2.29 bits per heavy atom. The largest absolute Gasteiger partial charge is 0.366 e. The molecule has 1 unspecified atom stereocenters. The summed E-state index contributed by atoms with van der Waals surface area (Å²) in [6.07, 6.45) is -1.59. The maximum atomic E-state index is 13.0. The minimum atomic E-state index is -1.59. The van der Waals surface area contributed by atoms with Gasteiger partial charge in [-0.2, -0.15) is 0 Å². The number of amides is 1. The van der Waals surface area contributed by atoms with E-state index >= 15 is 0 Å². The minimum Gasteiger partial charge on any atom is -0.366 e. The quantitative estimate of drug-likeness (QED) is 0.843. The van der Waals surface area contributed by atoms with E-state index < -0.39 is 12.3 Å². The third-order valence-electron chi connectivity index (χ3n) is 1.74. The van der Waals surface area contributed by atoms with Crippen LogP contribution in [0.4, 0.5) is 4.39 Å². The number of nitrogens with two attached hydrogens (primary N) is 1. The second-order valence-corrected chi connectivity index (χ2v) is 3.06. The zero-order valence-electron chi connectivity index (χ0n) is 7.46. The first-order valence-electron chi connectivity index (χ1n) is 3.82. The van der Waals surface area contributed by atoms with Gasteiger partial charge in [-0.15, -0.1) is 0 Å². The average molecular weight is 218 g/mol. The number of alkyl halides is 1. The van der Waals surface area contributed by atoms with Crippen molar-refractivity contribution in [1.82, 2.24) is 0 Å². The molecule has 2 N–H and O–H groups in total. The molecule has 0 heterocycles. The summed E-state index contributed by atoms with van der Waals surface area (Å²) in [6.45, 7) is 0. The van der Waals surface area contributed by atoms with E-state index in [1.54, 1.807) is 0 Å². The van der Waals surface area contributed by atoms with Crippen LogP contribution in [0, 0.1) is 0 Å². The molecule has 1 atom stereocenters. The van der Waals surface area contributed by atoms with E-state index in [2.05, 4.69) is 4.74 Å². The van der Waals surface area contributed by atoms with Crippen molar-refractivity contribution in [2.45, 2.75) is 6.36 Å². The number of rotatable bonds is 3. The molecule has 0 aliphatic rings. The van der Waals surface area contributed by atoms with Crippen LogP contribution in [0.1, 0.15) is 22.3 Å². The lowest BCUT2D eigenvalue weighted by Gasteiger charge is -2.08. The fourth-order valence-electron chi connectivity index (χ4n) is 0.991. The molecule has 76 valence electrons. The summed E-state index contributed by atoms with van der Waals surface area (Å²) in [6, 6.07) is 4.08. The molecular formula is C9H9ClFNO2. The molecule has 3 nitrogen and oxygen atoms in total. The molecule has 14 heavy (non-hydrogen) atoms. The predicted octanol–water partition coefficient (Wildman–Crippen LogP) is 2.05. The van der Waals surface area contributed by atoms with Crippen LogP contribution in [-0.2, 0) is 4.74 Å². The number of benzene rings is 1. The van der Waals surface area contributed by atoms with Crippen LogP contribution in [0.15, 0.2) is 18.2 Å². The van der Waals surface area contributed by atoms with Crippen molar-refractivity contribution in [3.63, 3.8) is 0 Å². The molecular weight excluding hydrogens is 209 g/mol. The summed E-state index contributed by atoms with van der Waals surface area (Å²) in [5, 5.41) is 0.121. The Hall–Kier alpha value is -1.13. The molecule has 0 aliphatic heterocycles. The first kappa shape index (κ1) is 10.9. The lowest BCUT2D eigenvalue weighted by atomic mass is 10.1. The maximum absolute atomic E-state index is 13.0. The van der Waals surface area contributed by atoms with E-state index in [1.807, 2.05) is 0 Å². The third-order valence-corrected chi connectivity index (χ3v) is 2.06. The number of halogens is 2. The molecule has 0 fully saturated rings. The van der Waals surface area contributed by atoms with Gasteiger partial charge < -0.3 is 10.5 Å². The highest BCUT2D eigenvalue weighted by Crippen LogP contribution is 2.26. The molecule has 0 radical (unpaired) electrons. The first-order chi connectivity index (χ1) is 6.56. The van der Waals surface area contributed by atoms with E-state index in [-0.39, 0.29) is 16.1 Å². The highest BCUT2D eigenvalue weighted by atomic mass is 35.5. The fourth-order valence-corrected chi connectivity index (χ4v) is 1.26. The van der Waals surface area contributed by atoms with Crippen molar-refractivity contribution in [3.05, 3.63) is 34.3 Å². The van der Waals surface area contributed by atoms with Crippen molar-refractivity contribution in [3.8, 4) is 0 Å². The molecule has 0 saturated carbocycles. The van der Waals surface area contributed by atoms with Crippen LogP contribution in [-0.4, -0.2) is 13.0 Å². The number of ether oxygens (including phenoxy) is 1. The van der Waals surface area contributed by atoms with E-state index in [4.69, 9.17) is 17.3 Å². The number of carbonyl (C=O) groups is 1. The Labute approximate surface area is 85.6 Å². The number of methoxy groups -OCH3 is 1. The van der Waals surface area contributed by atoms with E-state index in [0.717, 1.165) is 0 Å². The molecule has 0 saturated heterocycles. The van der Waals surface area contributed by atoms with Crippen LogP contribution in [0.25, 0.3) is 0 Å². The lowest BCUT2D eigenvalue weighted by molar-refractivity contribution is -0.00654. The van der Waals surface area contributed by atoms with Gasteiger partial charge in [-0.1, -0.05) is 17.7 Å². The highest BCUT2D eigenvalue weighted by molar-refractivity contribution is 6.31. The topological polar surface area (TPSA) is 52.3 Å². The van der Waals surface area contributed by atoms with Crippen molar-refractivity contribution in [2.75, 3.05) is 7.11 Å². The summed E-state index contributed by atoms with van der Waals surface area (Å²) in [5.74, 6) is -0.605. The maximum Gasteiger partial charge on any atom is 0.248 e. The molecule has 1 aromatic rings. The monoisotopic (exact) mass is 217 g/mol. The van der Waals surface area contributed by atoms with Gasteiger partial charge in [0.05, 0.1) is 0 Å². The van der Waals surface area contributed by atoms with Gasteiger partial charge in [0.2, 0.25) is 12.3 Å². The smallest absolute Gasteiger partial charge is 0.248 e. The van der Waals surface area contributed by atoms with Crippen LogP contribution >= 0.6 is 11.6 Å². The highest BCUT2D eigenvalue weighted by Gasteiger charge is 2.13. The zero-order valence-corrected chi connectivity index (χ0v) is 8.22. The Morgan fingerprint density at radius 3 is 2.71 bits per heavy atom. The number of hydrogen-bond acceptors (Lipinski definition) is 2. The van der Waals surface area contributed by atoms with Crippen LogP contribution in [0.2, 0.25) is 5.02 Å². The SMILES string of the molecule is COC(F)c1ccc(C(N)=O)cc1Cl. The summed E-state index contributed by atoms with van der Waals surface area (Å²) >= 11 is 5.72. The number of hydrogen-bond donors (Lipinski definition) is 1. The van der Waals surface area contributed by atoms with Crippen LogP contribution in [0.5, 0.6) is 0 Å². The summed E-state index contributed by atoms with van der Waals surface area (Å²) in [4.78, 5) is 10.7. The second-order valence-electron chi connectivity index (χ2n) is 2.65. The summed E-state index contributed by atoms with van der Waals surface area (Å²) in [5.41, 5.74) is 5.44. The predicted molar refractivity (Wildman–Crippen MR) is 50.8 cm³/mol. The molecule has 1 aromatic carbocycles. The molecule has 1 rings (SSSR count). The molecule has 0 spiro atoms. The Kier molecular flexibility index (Phi) is 3.43. The fraction of sp³-hybridized carbons (Fsp3) is 0.222. The zero-order chi connectivity index (χ0) is 10.7. The van der Waals surface area contributed by atoms with Crippen molar-refractivity contribution >= 4 is 17.5 Å². The van der Waals surface area contributed by atoms with E-state index in [1.165, 1.54) is 25.3 Å². The van der Waals surface area contributed by atoms with Gasteiger partial charge in [-0.25, -0.2) is 4.39 Å². The van der Waals surface area contributed by atoms with Crippen LogP contribution in [0.3, 0.4) is 0 Å². The minimum absolute atomic E-state index is 0.121. The Balaban J connectivity index is 3.07.